The van der Waals surface area contributed by atoms with E-state index in [1.54, 1.807) is 25.3 Å². The summed E-state index contributed by atoms with van der Waals surface area (Å²) in [6, 6.07) is 5.33. The van der Waals surface area contributed by atoms with Crippen LogP contribution in [0.15, 0.2) is 18.2 Å². The molecule has 1 N–H and O–H groups in total. The first-order valence-corrected chi connectivity index (χ1v) is 6.08. The van der Waals surface area contributed by atoms with E-state index in [0.29, 0.717) is 10.8 Å². The molecule has 1 atom stereocenters. The summed E-state index contributed by atoms with van der Waals surface area (Å²) < 4.78 is 5.21. The molecule has 1 aromatic rings. The van der Waals surface area contributed by atoms with Crippen molar-refractivity contribution in [2.24, 2.45) is 0 Å². The molecule has 1 rings (SSSR count). The third kappa shape index (κ3) is 3.69. The highest BCUT2D eigenvalue weighted by Crippen LogP contribution is 2.30. The van der Waals surface area contributed by atoms with Crippen molar-refractivity contribution < 1.29 is 9.84 Å². The molecule has 0 aliphatic rings. The zero-order valence-electron chi connectivity index (χ0n) is 9.87. The number of unbranched alkanes of at least 4 members (excludes halogenated alkanes) is 2. The van der Waals surface area contributed by atoms with Gasteiger partial charge in [0.1, 0.15) is 5.75 Å². The summed E-state index contributed by atoms with van der Waals surface area (Å²) >= 11 is 5.91. The van der Waals surface area contributed by atoms with Gasteiger partial charge in [-0.1, -0.05) is 37.8 Å². The zero-order chi connectivity index (χ0) is 12.0. The predicted molar refractivity (Wildman–Crippen MR) is 67.1 cm³/mol. The molecule has 0 heterocycles. The molecule has 3 heteroatoms. The van der Waals surface area contributed by atoms with Crippen LogP contribution in [-0.4, -0.2) is 12.2 Å². The SMILES string of the molecule is CCCCCC(O)c1cc(Cl)ccc1OC. The minimum Gasteiger partial charge on any atom is -0.496 e. The molecule has 0 saturated heterocycles. The van der Waals surface area contributed by atoms with Crippen LogP contribution in [0.5, 0.6) is 5.75 Å². The van der Waals surface area contributed by atoms with Gasteiger partial charge in [0.15, 0.2) is 0 Å². The van der Waals surface area contributed by atoms with Gasteiger partial charge in [-0.3, -0.25) is 0 Å². The third-order valence-corrected chi connectivity index (χ3v) is 2.87. The molecule has 0 saturated carbocycles. The lowest BCUT2D eigenvalue weighted by atomic mass is 10.0. The second kappa shape index (κ2) is 6.77. The van der Waals surface area contributed by atoms with Gasteiger partial charge in [0.2, 0.25) is 0 Å². The summed E-state index contributed by atoms with van der Waals surface area (Å²) in [5.74, 6) is 0.702. The second-order valence-corrected chi connectivity index (χ2v) is 4.33. The maximum absolute atomic E-state index is 10.0. The average molecular weight is 243 g/mol. The van der Waals surface area contributed by atoms with Crippen molar-refractivity contribution in [3.05, 3.63) is 28.8 Å². The maximum atomic E-state index is 10.0. The van der Waals surface area contributed by atoms with Crippen molar-refractivity contribution in [3.8, 4) is 5.75 Å². The Balaban J connectivity index is 2.72. The normalized spacial score (nSPS) is 12.5. The molecule has 16 heavy (non-hydrogen) atoms. The monoisotopic (exact) mass is 242 g/mol. The topological polar surface area (TPSA) is 29.5 Å². The molecule has 0 spiro atoms. The first kappa shape index (κ1) is 13.3. The lowest BCUT2D eigenvalue weighted by Gasteiger charge is -2.14. The Hall–Kier alpha value is -0.730. The van der Waals surface area contributed by atoms with Gasteiger partial charge in [-0.25, -0.2) is 0 Å². The van der Waals surface area contributed by atoms with E-state index in [9.17, 15) is 5.11 Å². The van der Waals surface area contributed by atoms with Crippen LogP contribution in [0.25, 0.3) is 0 Å². The summed E-state index contributed by atoms with van der Waals surface area (Å²) in [4.78, 5) is 0. The van der Waals surface area contributed by atoms with Crippen molar-refractivity contribution in [1.29, 1.82) is 0 Å². The van der Waals surface area contributed by atoms with Crippen LogP contribution >= 0.6 is 11.6 Å². The Kier molecular flexibility index (Phi) is 5.64. The van der Waals surface area contributed by atoms with E-state index in [1.807, 2.05) is 0 Å². The molecule has 0 aromatic heterocycles. The van der Waals surface area contributed by atoms with Gasteiger partial charge in [-0.15, -0.1) is 0 Å². The maximum Gasteiger partial charge on any atom is 0.124 e. The molecule has 0 fully saturated rings. The number of methoxy groups -OCH3 is 1. The molecular formula is C13H19ClO2. The number of aliphatic hydroxyl groups is 1. The van der Waals surface area contributed by atoms with Gasteiger partial charge >= 0.3 is 0 Å². The molecule has 0 aliphatic heterocycles. The van der Waals surface area contributed by atoms with Gasteiger partial charge in [0.25, 0.3) is 0 Å². The Morgan fingerprint density at radius 3 is 2.75 bits per heavy atom. The average Bonchev–Trinajstić information content (AvgIpc) is 2.29. The fourth-order valence-corrected chi connectivity index (χ4v) is 1.89. The summed E-state index contributed by atoms with van der Waals surface area (Å²) in [6.45, 7) is 2.15. The van der Waals surface area contributed by atoms with Crippen molar-refractivity contribution in [2.45, 2.75) is 38.7 Å². The van der Waals surface area contributed by atoms with Crippen LogP contribution < -0.4 is 4.74 Å². The quantitative estimate of drug-likeness (QED) is 0.765. The van der Waals surface area contributed by atoms with Gasteiger partial charge in [0, 0.05) is 10.6 Å². The molecule has 0 aliphatic carbocycles. The second-order valence-electron chi connectivity index (χ2n) is 3.90. The lowest BCUT2D eigenvalue weighted by Crippen LogP contribution is -2.00. The number of aliphatic hydroxyl groups excluding tert-OH is 1. The van der Waals surface area contributed by atoms with E-state index >= 15 is 0 Å². The first-order chi connectivity index (χ1) is 7.69. The Labute approximate surface area is 102 Å². The van der Waals surface area contributed by atoms with E-state index in [4.69, 9.17) is 16.3 Å². The molecule has 90 valence electrons. The Bertz CT molecular complexity index is 326. The summed E-state index contributed by atoms with van der Waals surface area (Å²) in [5.41, 5.74) is 0.783. The number of hydrogen-bond acceptors (Lipinski definition) is 2. The fourth-order valence-electron chi connectivity index (χ4n) is 1.71. The van der Waals surface area contributed by atoms with Crippen molar-refractivity contribution in [1.82, 2.24) is 0 Å². The highest BCUT2D eigenvalue weighted by molar-refractivity contribution is 6.30. The summed E-state index contributed by atoms with van der Waals surface area (Å²) in [7, 11) is 1.60. The number of halogens is 1. The van der Waals surface area contributed by atoms with Gasteiger partial charge < -0.3 is 9.84 Å². The molecule has 0 bridgehead atoms. The Morgan fingerprint density at radius 1 is 1.38 bits per heavy atom. The van der Waals surface area contributed by atoms with Gasteiger partial charge in [0.05, 0.1) is 13.2 Å². The largest absolute Gasteiger partial charge is 0.496 e. The highest BCUT2D eigenvalue weighted by Gasteiger charge is 2.13. The zero-order valence-corrected chi connectivity index (χ0v) is 10.6. The smallest absolute Gasteiger partial charge is 0.124 e. The van der Waals surface area contributed by atoms with Crippen LogP contribution in [0.3, 0.4) is 0 Å². The third-order valence-electron chi connectivity index (χ3n) is 2.63. The highest BCUT2D eigenvalue weighted by atomic mass is 35.5. The fraction of sp³-hybridized carbons (Fsp3) is 0.538. The van der Waals surface area contributed by atoms with E-state index < -0.39 is 6.10 Å². The van der Waals surface area contributed by atoms with Gasteiger partial charge in [-0.05, 0) is 24.6 Å². The molecular weight excluding hydrogens is 224 g/mol. The van der Waals surface area contributed by atoms with Crippen LogP contribution in [0.4, 0.5) is 0 Å². The summed E-state index contributed by atoms with van der Waals surface area (Å²) in [6.07, 6.45) is 3.58. The number of hydrogen-bond donors (Lipinski definition) is 1. The lowest BCUT2D eigenvalue weighted by molar-refractivity contribution is 0.159. The van der Waals surface area contributed by atoms with Crippen LogP contribution in [0.2, 0.25) is 5.02 Å². The Morgan fingerprint density at radius 2 is 2.12 bits per heavy atom. The first-order valence-electron chi connectivity index (χ1n) is 5.70. The van der Waals surface area contributed by atoms with E-state index in [-0.39, 0.29) is 0 Å². The van der Waals surface area contributed by atoms with Crippen LogP contribution in [0, 0.1) is 0 Å². The van der Waals surface area contributed by atoms with Crippen LogP contribution in [-0.2, 0) is 0 Å². The molecule has 1 unspecified atom stereocenters. The van der Waals surface area contributed by atoms with E-state index in [2.05, 4.69) is 6.92 Å². The molecule has 2 nitrogen and oxygen atoms in total. The van der Waals surface area contributed by atoms with Crippen molar-refractivity contribution in [2.75, 3.05) is 7.11 Å². The molecule has 0 amide bonds. The predicted octanol–water partition coefficient (Wildman–Crippen LogP) is 3.96. The van der Waals surface area contributed by atoms with E-state index in [0.717, 1.165) is 31.2 Å². The number of benzene rings is 1. The minimum atomic E-state index is -0.486. The molecule has 0 radical (unpaired) electrons. The number of rotatable bonds is 6. The van der Waals surface area contributed by atoms with Gasteiger partial charge in [-0.2, -0.15) is 0 Å². The minimum absolute atomic E-state index is 0.486. The van der Waals surface area contributed by atoms with Crippen molar-refractivity contribution >= 4 is 11.6 Å². The van der Waals surface area contributed by atoms with Crippen molar-refractivity contribution in [3.63, 3.8) is 0 Å². The van der Waals surface area contributed by atoms with Crippen LogP contribution in [0.1, 0.15) is 44.3 Å². The summed E-state index contributed by atoms with van der Waals surface area (Å²) in [5, 5.41) is 10.7. The number of ether oxygens (including phenoxy) is 1. The molecule has 1 aromatic carbocycles. The standard InChI is InChI=1S/C13H19ClO2/c1-3-4-5-6-12(15)11-9-10(14)7-8-13(11)16-2/h7-9,12,15H,3-6H2,1-2H3. The van der Waals surface area contributed by atoms with E-state index in [1.165, 1.54) is 0 Å².